The fourth-order valence-electron chi connectivity index (χ4n) is 2.14. The number of methoxy groups -OCH3 is 1. The second-order valence-corrected chi connectivity index (χ2v) is 5.51. The average Bonchev–Trinajstić information content (AvgIpc) is 2.84. The van der Waals surface area contributed by atoms with Crippen LogP contribution in [-0.4, -0.2) is 16.9 Å². The van der Waals surface area contributed by atoms with Gasteiger partial charge < -0.3 is 9.47 Å². The monoisotopic (exact) mass is 352 g/mol. The molecule has 0 bridgehead atoms. The number of nitrogens with zero attached hydrogens (tertiary/aromatic N) is 2. The van der Waals surface area contributed by atoms with Gasteiger partial charge in [-0.1, -0.05) is 19.1 Å². The van der Waals surface area contributed by atoms with Gasteiger partial charge in [0.05, 0.1) is 36.2 Å². The molecule has 0 unspecified atom stereocenters. The quantitative estimate of drug-likeness (QED) is 0.756. The summed E-state index contributed by atoms with van der Waals surface area (Å²) in [5, 5.41) is 4.57. The summed E-state index contributed by atoms with van der Waals surface area (Å²) in [6, 6.07) is 7.92. The van der Waals surface area contributed by atoms with E-state index in [1.54, 1.807) is 7.11 Å². The topological polar surface area (TPSA) is 36.3 Å². The first kappa shape index (κ1) is 16.0. The fraction of sp³-hybridized carbons (Fsp3) is 0.438. The number of halogens is 1. The minimum atomic E-state index is 0.549. The fourth-order valence-corrected chi connectivity index (χ4v) is 2.82. The van der Waals surface area contributed by atoms with E-state index in [4.69, 9.17) is 9.47 Å². The molecule has 1 aromatic heterocycles. The van der Waals surface area contributed by atoms with Crippen LogP contribution in [0.25, 0.3) is 0 Å². The van der Waals surface area contributed by atoms with Crippen molar-refractivity contribution < 1.29 is 9.47 Å². The summed E-state index contributed by atoms with van der Waals surface area (Å²) in [6.45, 7) is 6.17. The lowest BCUT2D eigenvalue weighted by Crippen LogP contribution is -2.05. The highest BCUT2D eigenvalue weighted by Gasteiger charge is 2.13. The Bertz CT molecular complexity index is 579. The maximum Gasteiger partial charge on any atom is 0.118 e. The maximum atomic E-state index is 5.83. The summed E-state index contributed by atoms with van der Waals surface area (Å²) in [7, 11) is 1.67. The van der Waals surface area contributed by atoms with Crippen molar-refractivity contribution in [3.63, 3.8) is 0 Å². The van der Waals surface area contributed by atoms with Crippen LogP contribution in [0.5, 0.6) is 5.75 Å². The zero-order valence-corrected chi connectivity index (χ0v) is 14.3. The number of rotatable bonds is 7. The Hall–Kier alpha value is -1.33. The molecule has 0 atom stereocenters. The van der Waals surface area contributed by atoms with Crippen LogP contribution in [0.1, 0.15) is 30.8 Å². The van der Waals surface area contributed by atoms with Crippen LogP contribution in [0.4, 0.5) is 0 Å². The molecule has 0 aliphatic rings. The Kier molecular flexibility index (Phi) is 5.82. The van der Waals surface area contributed by atoms with Gasteiger partial charge in [0.25, 0.3) is 0 Å². The average molecular weight is 353 g/mol. The van der Waals surface area contributed by atoms with Gasteiger partial charge in [0.15, 0.2) is 0 Å². The molecule has 1 heterocycles. The highest BCUT2D eigenvalue weighted by molar-refractivity contribution is 9.10. The van der Waals surface area contributed by atoms with Gasteiger partial charge in [0.2, 0.25) is 0 Å². The van der Waals surface area contributed by atoms with E-state index in [1.165, 1.54) is 0 Å². The molecule has 0 amide bonds. The van der Waals surface area contributed by atoms with Gasteiger partial charge >= 0.3 is 0 Å². The summed E-state index contributed by atoms with van der Waals surface area (Å²) in [4.78, 5) is 0. The molecule has 0 aliphatic carbocycles. The maximum absolute atomic E-state index is 5.83. The van der Waals surface area contributed by atoms with Crippen LogP contribution in [-0.2, 0) is 30.9 Å². The Balaban J connectivity index is 1.97. The van der Waals surface area contributed by atoms with E-state index in [9.17, 15) is 0 Å². The second-order valence-electron chi connectivity index (χ2n) is 4.72. The van der Waals surface area contributed by atoms with Crippen molar-refractivity contribution in [2.75, 3.05) is 7.11 Å². The predicted molar refractivity (Wildman–Crippen MR) is 86.5 cm³/mol. The van der Waals surface area contributed by atoms with Gasteiger partial charge in [0.1, 0.15) is 5.75 Å². The molecular formula is C16H21BrN2O2. The Morgan fingerprint density at radius 3 is 2.43 bits per heavy atom. The molecule has 0 aliphatic heterocycles. The number of aryl methyl sites for hydroxylation is 2. The lowest BCUT2D eigenvalue weighted by molar-refractivity contribution is 0.101. The van der Waals surface area contributed by atoms with E-state index in [1.807, 2.05) is 28.9 Å². The Labute approximate surface area is 134 Å². The molecule has 5 heteroatoms. The summed E-state index contributed by atoms with van der Waals surface area (Å²) in [5.41, 5.74) is 3.31. The van der Waals surface area contributed by atoms with Gasteiger partial charge in [-0.05, 0) is 47.0 Å². The van der Waals surface area contributed by atoms with E-state index >= 15 is 0 Å². The van der Waals surface area contributed by atoms with Crippen molar-refractivity contribution in [2.24, 2.45) is 0 Å². The molecule has 2 rings (SSSR count). The molecule has 0 saturated heterocycles. The van der Waals surface area contributed by atoms with Gasteiger partial charge in [-0.25, -0.2) is 0 Å². The van der Waals surface area contributed by atoms with Crippen LogP contribution in [0, 0.1) is 0 Å². The number of benzene rings is 1. The summed E-state index contributed by atoms with van der Waals surface area (Å²) < 4.78 is 14.0. The summed E-state index contributed by atoms with van der Waals surface area (Å²) >= 11 is 3.63. The summed E-state index contributed by atoms with van der Waals surface area (Å²) in [5.74, 6) is 0.859. The van der Waals surface area contributed by atoms with Crippen molar-refractivity contribution in [2.45, 2.75) is 40.0 Å². The largest absolute Gasteiger partial charge is 0.497 e. The third-order valence-corrected chi connectivity index (χ3v) is 4.28. The SMILES string of the molecule is CCc1nn(CC)c(COCc2ccc(OC)cc2)c1Br. The first-order valence-electron chi connectivity index (χ1n) is 7.14. The van der Waals surface area contributed by atoms with Crippen molar-refractivity contribution in [1.29, 1.82) is 0 Å². The van der Waals surface area contributed by atoms with Crippen molar-refractivity contribution in [1.82, 2.24) is 9.78 Å². The van der Waals surface area contributed by atoms with Crippen LogP contribution in [0.2, 0.25) is 0 Å². The van der Waals surface area contributed by atoms with Crippen molar-refractivity contribution >= 4 is 15.9 Å². The van der Waals surface area contributed by atoms with Gasteiger partial charge in [-0.15, -0.1) is 0 Å². The molecule has 1 aromatic carbocycles. The first-order valence-corrected chi connectivity index (χ1v) is 7.93. The zero-order valence-electron chi connectivity index (χ0n) is 12.7. The molecule has 0 N–H and O–H groups in total. The molecule has 4 nitrogen and oxygen atoms in total. The molecule has 2 aromatic rings. The lowest BCUT2D eigenvalue weighted by Gasteiger charge is -2.08. The molecular weight excluding hydrogens is 332 g/mol. The lowest BCUT2D eigenvalue weighted by atomic mass is 10.2. The third kappa shape index (κ3) is 3.86. The molecule has 21 heavy (non-hydrogen) atoms. The molecule has 0 saturated carbocycles. The van der Waals surface area contributed by atoms with Crippen molar-refractivity contribution in [3.8, 4) is 5.75 Å². The Morgan fingerprint density at radius 1 is 1.14 bits per heavy atom. The summed E-state index contributed by atoms with van der Waals surface area (Å²) in [6.07, 6.45) is 0.916. The van der Waals surface area contributed by atoms with E-state index in [0.29, 0.717) is 13.2 Å². The van der Waals surface area contributed by atoms with Gasteiger partial charge in [-0.3, -0.25) is 4.68 Å². The minimum absolute atomic E-state index is 0.549. The van der Waals surface area contributed by atoms with Crippen LogP contribution in [0.15, 0.2) is 28.7 Å². The van der Waals surface area contributed by atoms with Gasteiger partial charge in [-0.2, -0.15) is 5.10 Å². The molecule has 0 fully saturated rings. The number of ether oxygens (including phenoxy) is 2. The molecule has 0 spiro atoms. The predicted octanol–water partition coefficient (Wildman–Crippen LogP) is 3.95. The molecule has 114 valence electrons. The number of hydrogen-bond acceptors (Lipinski definition) is 3. The third-order valence-electron chi connectivity index (χ3n) is 3.36. The molecule has 0 radical (unpaired) electrons. The number of hydrogen-bond donors (Lipinski definition) is 0. The highest BCUT2D eigenvalue weighted by Crippen LogP contribution is 2.23. The highest BCUT2D eigenvalue weighted by atomic mass is 79.9. The van der Waals surface area contributed by atoms with Gasteiger partial charge in [0, 0.05) is 6.54 Å². The van der Waals surface area contributed by atoms with Crippen LogP contribution < -0.4 is 4.74 Å². The van der Waals surface area contributed by atoms with E-state index < -0.39 is 0 Å². The van der Waals surface area contributed by atoms with Crippen molar-refractivity contribution in [3.05, 3.63) is 45.7 Å². The number of aromatic nitrogens is 2. The van der Waals surface area contributed by atoms with E-state index in [-0.39, 0.29) is 0 Å². The van der Waals surface area contributed by atoms with E-state index in [0.717, 1.165) is 40.1 Å². The van der Waals surface area contributed by atoms with Crippen LogP contribution >= 0.6 is 15.9 Å². The zero-order chi connectivity index (χ0) is 15.2. The first-order chi connectivity index (χ1) is 10.2. The van der Waals surface area contributed by atoms with Crippen LogP contribution in [0.3, 0.4) is 0 Å². The minimum Gasteiger partial charge on any atom is -0.497 e. The normalized spacial score (nSPS) is 10.9. The second kappa shape index (κ2) is 7.61. The van der Waals surface area contributed by atoms with E-state index in [2.05, 4.69) is 34.9 Å². The smallest absolute Gasteiger partial charge is 0.118 e. The Morgan fingerprint density at radius 2 is 1.86 bits per heavy atom. The standard InChI is InChI=1S/C16H21BrN2O2/c1-4-14-16(17)15(19(5-2)18-14)11-21-10-12-6-8-13(20-3)9-7-12/h6-9H,4-5,10-11H2,1-3H3.